The van der Waals surface area contributed by atoms with Gasteiger partial charge in [0.25, 0.3) is 15.9 Å². The lowest BCUT2D eigenvalue weighted by Crippen LogP contribution is -2.14. The molecule has 0 aliphatic rings. The summed E-state index contributed by atoms with van der Waals surface area (Å²) in [7, 11) is -3.91. The Bertz CT molecular complexity index is 1080. The molecule has 3 rings (SSSR count). The maximum absolute atomic E-state index is 13.2. The molecule has 0 heterocycles. The number of hydrogen-bond acceptors (Lipinski definition) is 3. The molecule has 0 unspecified atom stereocenters. The molecule has 3 aromatic rings. The van der Waals surface area contributed by atoms with Gasteiger partial charge in [0.2, 0.25) is 0 Å². The van der Waals surface area contributed by atoms with Crippen molar-refractivity contribution >= 4 is 27.3 Å². The Balaban J connectivity index is 1.73. The van der Waals surface area contributed by atoms with Gasteiger partial charge in [-0.2, -0.15) is 0 Å². The number of benzene rings is 3. The van der Waals surface area contributed by atoms with Crippen molar-refractivity contribution in [1.82, 2.24) is 0 Å². The molecular formula is C19H14F2N2O3S. The van der Waals surface area contributed by atoms with Gasteiger partial charge in [-0.15, -0.1) is 0 Å². The highest BCUT2D eigenvalue weighted by Gasteiger charge is 2.15. The molecule has 27 heavy (non-hydrogen) atoms. The molecule has 5 nitrogen and oxygen atoms in total. The minimum Gasteiger partial charge on any atom is -0.322 e. The van der Waals surface area contributed by atoms with Crippen LogP contribution in [-0.2, 0) is 10.0 Å². The molecule has 0 saturated carbocycles. The van der Waals surface area contributed by atoms with E-state index in [0.29, 0.717) is 5.69 Å². The first-order chi connectivity index (χ1) is 12.8. The number of carbonyl (C=O) groups excluding carboxylic acids is 1. The molecule has 0 fully saturated rings. The summed E-state index contributed by atoms with van der Waals surface area (Å²) in [6, 6.07) is 15.7. The van der Waals surface area contributed by atoms with E-state index in [9.17, 15) is 22.0 Å². The number of rotatable bonds is 5. The van der Waals surface area contributed by atoms with Crippen molar-refractivity contribution in [1.29, 1.82) is 0 Å². The first kappa shape index (κ1) is 18.5. The van der Waals surface area contributed by atoms with Gasteiger partial charge in [0, 0.05) is 11.3 Å². The molecule has 0 aliphatic carbocycles. The predicted molar refractivity (Wildman–Crippen MR) is 98.0 cm³/mol. The van der Waals surface area contributed by atoms with Gasteiger partial charge in [-0.1, -0.05) is 12.1 Å². The number of hydrogen-bond donors (Lipinski definition) is 2. The lowest BCUT2D eigenvalue weighted by Gasteiger charge is -2.10. The number of halogens is 2. The zero-order valence-corrected chi connectivity index (χ0v) is 14.6. The molecule has 0 aliphatic heterocycles. The number of amides is 1. The van der Waals surface area contributed by atoms with Crippen LogP contribution in [0.25, 0.3) is 0 Å². The average Bonchev–Trinajstić information content (AvgIpc) is 2.62. The maximum atomic E-state index is 13.2. The first-order valence-corrected chi connectivity index (χ1v) is 9.27. The van der Waals surface area contributed by atoms with Crippen LogP contribution in [0.3, 0.4) is 0 Å². The Morgan fingerprint density at radius 3 is 2.04 bits per heavy atom. The lowest BCUT2D eigenvalue weighted by atomic mass is 10.2. The van der Waals surface area contributed by atoms with Gasteiger partial charge >= 0.3 is 0 Å². The Morgan fingerprint density at radius 2 is 1.41 bits per heavy atom. The molecule has 0 bridgehead atoms. The number of nitrogens with one attached hydrogen (secondary N) is 2. The highest BCUT2D eigenvalue weighted by atomic mass is 32.2. The molecule has 1 amide bonds. The van der Waals surface area contributed by atoms with Gasteiger partial charge in [-0.25, -0.2) is 17.2 Å². The monoisotopic (exact) mass is 388 g/mol. The van der Waals surface area contributed by atoms with Crippen LogP contribution < -0.4 is 10.0 Å². The molecule has 0 spiro atoms. The molecule has 0 aromatic heterocycles. The lowest BCUT2D eigenvalue weighted by molar-refractivity contribution is 0.102. The topological polar surface area (TPSA) is 75.3 Å². The van der Waals surface area contributed by atoms with Crippen LogP contribution in [0, 0.1) is 11.6 Å². The molecule has 138 valence electrons. The zero-order chi connectivity index (χ0) is 19.4. The van der Waals surface area contributed by atoms with Crippen molar-refractivity contribution in [3.8, 4) is 0 Å². The summed E-state index contributed by atoms with van der Waals surface area (Å²) in [5, 5.41) is 2.55. The van der Waals surface area contributed by atoms with Crippen LogP contribution >= 0.6 is 0 Å². The number of carbonyl (C=O) groups is 1. The third-order valence-corrected chi connectivity index (χ3v) is 4.98. The zero-order valence-electron chi connectivity index (χ0n) is 13.8. The first-order valence-electron chi connectivity index (χ1n) is 7.79. The van der Waals surface area contributed by atoms with E-state index >= 15 is 0 Å². The molecule has 8 heteroatoms. The Kier molecular flexibility index (Phi) is 5.18. The summed E-state index contributed by atoms with van der Waals surface area (Å²) in [6.45, 7) is 0. The fourth-order valence-electron chi connectivity index (χ4n) is 2.32. The summed E-state index contributed by atoms with van der Waals surface area (Å²) in [5.41, 5.74) is 0.576. The quantitative estimate of drug-likeness (QED) is 0.693. The van der Waals surface area contributed by atoms with E-state index in [4.69, 9.17) is 0 Å². The summed E-state index contributed by atoms with van der Waals surface area (Å²) < 4.78 is 53.3. The van der Waals surface area contributed by atoms with E-state index in [-0.39, 0.29) is 16.1 Å². The second kappa shape index (κ2) is 7.55. The van der Waals surface area contributed by atoms with Crippen molar-refractivity contribution in [3.63, 3.8) is 0 Å². The van der Waals surface area contributed by atoms with E-state index in [1.807, 2.05) is 0 Å². The van der Waals surface area contributed by atoms with Crippen LogP contribution in [0.15, 0.2) is 77.7 Å². The minimum absolute atomic E-state index is 0.0597. The second-order valence-electron chi connectivity index (χ2n) is 5.60. The fourth-order valence-corrected chi connectivity index (χ4v) is 3.37. The maximum Gasteiger partial charge on any atom is 0.261 e. The van der Waals surface area contributed by atoms with E-state index < -0.39 is 27.6 Å². The SMILES string of the molecule is O=C(Nc1ccc(S(=O)(=O)Nc2cccc(F)c2)cc1)c1cccc(F)c1. The standard InChI is InChI=1S/C19H14F2N2O3S/c20-14-4-1-3-13(11-14)19(24)22-16-7-9-18(10-8-16)27(25,26)23-17-6-2-5-15(21)12-17/h1-12,23H,(H,22,24). The van der Waals surface area contributed by atoms with Crippen LogP contribution in [0.4, 0.5) is 20.2 Å². The normalized spacial score (nSPS) is 11.0. The smallest absolute Gasteiger partial charge is 0.261 e. The number of sulfonamides is 1. The van der Waals surface area contributed by atoms with Crippen molar-refractivity contribution in [2.75, 3.05) is 10.0 Å². The van der Waals surface area contributed by atoms with Crippen LogP contribution in [0.5, 0.6) is 0 Å². The van der Waals surface area contributed by atoms with E-state index in [1.165, 1.54) is 60.7 Å². The predicted octanol–water partition coefficient (Wildman–Crippen LogP) is 4.02. The average molecular weight is 388 g/mol. The van der Waals surface area contributed by atoms with Crippen molar-refractivity contribution in [2.45, 2.75) is 4.90 Å². The summed E-state index contributed by atoms with van der Waals surface area (Å²) in [4.78, 5) is 12.0. The highest BCUT2D eigenvalue weighted by molar-refractivity contribution is 7.92. The van der Waals surface area contributed by atoms with Crippen molar-refractivity contribution in [2.24, 2.45) is 0 Å². The van der Waals surface area contributed by atoms with E-state index in [2.05, 4.69) is 10.0 Å². The summed E-state index contributed by atoms with van der Waals surface area (Å²) in [5.74, 6) is -1.62. The third kappa shape index (κ3) is 4.68. The second-order valence-corrected chi connectivity index (χ2v) is 7.29. The largest absolute Gasteiger partial charge is 0.322 e. The molecule has 3 aromatic carbocycles. The summed E-state index contributed by atoms with van der Waals surface area (Å²) >= 11 is 0. The number of anilines is 2. The Labute approximate surface area is 154 Å². The van der Waals surface area contributed by atoms with Gasteiger partial charge in [0.15, 0.2) is 0 Å². The van der Waals surface area contributed by atoms with E-state index in [1.54, 1.807) is 0 Å². The molecular weight excluding hydrogens is 374 g/mol. The van der Waals surface area contributed by atoms with Crippen LogP contribution in [0.1, 0.15) is 10.4 Å². The Morgan fingerprint density at radius 1 is 0.778 bits per heavy atom. The molecule has 0 radical (unpaired) electrons. The van der Waals surface area contributed by atoms with Gasteiger partial charge in [0.1, 0.15) is 11.6 Å². The van der Waals surface area contributed by atoms with Gasteiger partial charge < -0.3 is 5.32 Å². The molecule has 0 atom stereocenters. The Hall–Kier alpha value is -3.26. The summed E-state index contributed by atoms with van der Waals surface area (Å²) in [6.07, 6.45) is 0. The highest BCUT2D eigenvalue weighted by Crippen LogP contribution is 2.19. The molecule has 2 N–H and O–H groups in total. The molecule has 0 saturated heterocycles. The fraction of sp³-hybridized carbons (Fsp3) is 0. The van der Waals surface area contributed by atoms with Gasteiger partial charge in [-0.3, -0.25) is 9.52 Å². The van der Waals surface area contributed by atoms with Gasteiger partial charge in [-0.05, 0) is 60.7 Å². The van der Waals surface area contributed by atoms with Crippen LogP contribution in [0.2, 0.25) is 0 Å². The van der Waals surface area contributed by atoms with Crippen molar-refractivity contribution < 1.29 is 22.0 Å². The minimum atomic E-state index is -3.91. The van der Waals surface area contributed by atoms with Crippen molar-refractivity contribution in [3.05, 3.63) is 90.0 Å². The van der Waals surface area contributed by atoms with Crippen LogP contribution in [-0.4, -0.2) is 14.3 Å². The van der Waals surface area contributed by atoms with Gasteiger partial charge in [0.05, 0.1) is 10.6 Å². The third-order valence-electron chi connectivity index (χ3n) is 3.59. The van der Waals surface area contributed by atoms with E-state index in [0.717, 1.165) is 12.1 Å².